The maximum Gasteiger partial charge on any atom is 0.00926 e. The molecule has 0 fully saturated rings. The molecule has 0 rings (SSSR count). The summed E-state index contributed by atoms with van der Waals surface area (Å²) in [5.41, 5.74) is 0. The monoisotopic (exact) mass is 283 g/mol. The van der Waals surface area contributed by atoms with Crippen molar-refractivity contribution in [2.75, 3.05) is 6.54 Å². The Morgan fingerprint density at radius 2 is 1.25 bits per heavy atom. The second-order valence-corrected chi connectivity index (χ2v) is 6.59. The maximum absolute atomic E-state index is 3.77. The van der Waals surface area contributed by atoms with Crippen LogP contribution < -0.4 is 5.32 Å². The summed E-state index contributed by atoms with van der Waals surface area (Å²) in [5.74, 6) is 0.844. The second kappa shape index (κ2) is 15.4. The topological polar surface area (TPSA) is 12.0 Å². The van der Waals surface area contributed by atoms with Gasteiger partial charge in [-0.2, -0.15) is 0 Å². The third-order valence-corrected chi connectivity index (χ3v) is 4.46. The predicted octanol–water partition coefficient (Wildman–Crippen LogP) is 6.32. The SMILES string of the molecule is CCCCCCCCCCC(NCCC)C(C)CCC. The van der Waals surface area contributed by atoms with Gasteiger partial charge in [-0.05, 0) is 31.7 Å². The quantitative estimate of drug-likeness (QED) is 0.347. The summed E-state index contributed by atoms with van der Waals surface area (Å²) in [6.07, 6.45) is 16.8. The van der Waals surface area contributed by atoms with Gasteiger partial charge in [0.15, 0.2) is 0 Å². The Balaban J connectivity index is 3.62. The summed E-state index contributed by atoms with van der Waals surface area (Å²) in [7, 11) is 0. The molecule has 0 aromatic rings. The van der Waals surface area contributed by atoms with Crippen molar-refractivity contribution in [3.05, 3.63) is 0 Å². The van der Waals surface area contributed by atoms with E-state index in [1.54, 1.807) is 0 Å². The highest BCUT2D eigenvalue weighted by molar-refractivity contribution is 4.73. The van der Waals surface area contributed by atoms with Gasteiger partial charge >= 0.3 is 0 Å². The fourth-order valence-electron chi connectivity index (χ4n) is 3.07. The molecule has 0 amide bonds. The van der Waals surface area contributed by atoms with Gasteiger partial charge < -0.3 is 5.32 Å². The van der Waals surface area contributed by atoms with Gasteiger partial charge in [0.2, 0.25) is 0 Å². The number of nitrogens with one attached hydrogen (secondary N) is 1. The molecule has 0 aliphatic rings. The lowest BCUT2D eigenvalue weighted by Crippen LogP contribution is -2.35. The maximum atomic E-state index is 3.77. The average Bonchev–Trinajstić information content (AvgIpc) is 2.45. The van der Waals surface area contributed by atoms with E-state index in [-0.39, 0.29) is 0 Å². The normalized spacial score (nSPS) is 14.4. The number of rotatable bonds is 15. The molecular weight excluding hydrogens is 242 g/mol. The van der Waals surface area contributed by atoms with Crippen molar-refractivity contribution in [3.8, 4) is 0 Å². The van der Waals surface area contributed by atoms with Crippen molar-refractivity contribution in [3.63, 3.8) is 0 Å². The highest BCUT2D eigenvalue weighted by Crippen LogP contribution is 2.17. The zero-order valence-corrected chi connectivity index (χ0v) is 14.8. The Labute approximate surface area is 129 Å². The Morgan fingerprint density at radius 1 is 0.650 bits per heavy atom. The van der Waals surface area contributed by atoms with Gasteiger partial charge in [-0.25, -0.2) is 0 Å². The summed E-state index contributed by atoms with van der Waals surface area (Å²) in [5, 5.41) is 3.77. The van der Waals surface area contributed by atoms with Crippen LogP contribution >= 0.6 is 0 Å². The first-order valence-corrected chi connectivity index (χ1v) is 9.49. The van der Waals surface area contributed by atoms with Crippen LogP contribution in [0.3, 0.4) is 0 Å². The van der Waals surface area contributed by atoms with E-state index in [2.05, 4.69) is 33.0 Å². The molecule has 0 aliphatic carbocycles. The third kappa shape index (κ3) is 11.8. The van der Waals surface area contributed by atoms with Crippen LogP contribution in [0.4, 0.5) is 0 Å². The summed E-state index contributed by atoms with van der Waals surface area (Å²) < 4.78 is 0. The van der Waals surface area contributed by atoms with Crippen LogP contribution in [0.15, 0.2) is 0 Å². The summed E-state index contributed by atoms with van der Waals surface area (Å²) >= 11 is 0. The Kier molecular flexibility index (Phi) is 15.3. The van der Waals surface area contributed by atoms with E-state index in [0.29, 0.717) is 0 Å². The number of hydrogen-bond donors (Lipinski definition) is 1. The molecule has 0 aliphatic heterocycles. The molecule has 0 saturated heterocycles. The van der Waals surface area contributed by atoms with E-state index >= 15 is 0 Å². The second-order valence-electron chi connectivity index (χ2n) is 6.59. The van der Waals surface area contributed by atoms with Crippen molar-refractivity contribution in [1.82, 2.24) is 5.32 Å². The van der Waals surface area contributed by atoms with Crippen molar-refractivity contribution in [2.45, 2.75) is 111 Å². The van der Waals surface area contributed by atoms with E-state index in [0.717, 1.165) is 12.0 Å². The standard InChI is InChI=1S/C19H41N/c1-5-8-9-10-11-12-13-14-16-19(20-17-7-3)18(4)15-6-2/h18-20H,5-17H2,1-4H3. The van der Waals surface area contributed by atoms with Crippen LogP contribution in [0.2, 0.25) is 0 Å². The van der Waals surface area contributed by atoms with Crippen LogP contribution in [0.25, 0.3) is 0 Å². The molecule has 0 saturated carbocycles. The molecule has 0 heterocycles. The lowest BCUT2D eigenvalue weighted by atomic mass is 9.92. The van der Waals surface area contributed by atoms with E-state index < -0.39 is 0 Å². The van der Waals surface area contributed by atoms with Gasteiger partial charge in [-0.3, -0.25) is 0 Å². The van der Waals surface area contributed by atoms with Gasteiger partial charge in [0.25, 0.3) is 0 Å². The fraction of sp³-hybridized carbons (Fsp3) is 1.00. The van der Waals surface area contributed by atoms with E-state index in [1.807, 2.05) is 0 Å². The zero-order chi connectivity index (χ0) is 15.1. The van der Waals surface area contributed by atoms with Gasteiger partial charge in [0.05, 0.1) is 0 Å². The Hall–Kier alpha value is -0.0400. The minimum absolute atomic E-state index is 0.759. The van der Waals surface area contributed by atoms with Crippen LogP contribution in [-0.4, -0.2) is 12.6 Å². The first-order valence-electron chi connectivity index (χ1n) is 9.49. The van der Waals surface area contributed by atoms with E-state index in [9.17, 15) is 0 Å². The smallest absolute Gasteiger partial charge is 0.00926 e. The summed E-state index contributed by atoms with van der Waals surface area (Å²) in [6.45, 7) is 10.5. The van der Waals surface area contributed by atoms with Gasteiger partial charge in [0.1, 0.15) is 0 Å². The Bertz CT molecular complexity index is 179. The molecule has 122 valence electrons. The molecule has 20 heavy (non-hydrogen) atoms. The molecule has 1 heteroatoms. The first kappa shape index (κ1) is 20.0. The van der Waals surface area contributed by atoms with Gasteiger partial charge in [-0.15, -0.1) is 0 Å². The molecular formula is C19H41N. The largest absolute Gasteiger partial charge is 0.314 e. The molecule has 0 aromatic heterocycles. The minimum Gasteiger partial charge on any atom is -0.314 e. The lowest BCUT2D eigenvalue weighted by molar-refractivity contribution is 0.327. The summed E-state index contributed by atoms with van der Waals surface area (Å²) in [4.78, 5) is 0. The van der Waals surface area contributed by atoms with Crippen molar-refractivity contribution in [2.24, 2.45) is 5.92 Å². The highest BCUT2D eigenvalue weighted by Gasteiger charge is 2.14. The van der Waals surface area contributed by atoms with Gasteiger partial charge in [-0.1, -0.05) is 85.5 Å². The molecule has 0 aromatic carbocycles. The van der Waals surface area contributed by atoms with Crippen LogP contribution in [0.5, 0.6) is 0 Å². The predicted molar refractivity (Wildman–Crippen MR) is 93.4 cm³/mol. The van der Waals surface area contributed by atoms with Gasteiger partial charge in [0, 0.05) is 6.04 Å². The summed E-state index contributed by atoms with van der Waals surface area (Å²) in [6, 6.07) is 0.759. The molecule has 0 radical (unpaired) electrons. The molecule has 2 unspecified atom stereocenters. The average molecular weight is 284 g/mol. The molecule has 2 atom stereocenters. The van der Waals surface area contributed by atoms with Crippen molar-refractivity contribution in [1.29, 1.82) is 0 Å². The zero-order valence-electron chi connectivity index (χ0n) is 14.8. The lowest BCUT2D eigenvalue weighted by Gasteiger charge is -2.25. The van der Waals surface area contributed by atoms with E-state index in [1.165, 1.54) is 83.6 Å². The van der Waals surface area contributed by atoms with Crippen LogP contribution in [-0.2, 0) is 0 Å². The van der Waals surface area contributed by atoms with Crippen LogP contribution in [0, 0.1) is 5.92 Å². The number of hydrogen-bond acceptors (Lipinski definition) is 1. The van der Waals surface area contributed by atoms with Crippen molar-refractivity contribution < 1.29 is 0 Å². The third-order valence-electron chi connectivity index (χ3n) is 4.46. The first-order chi connectivity index (χ1) is 9.76. The van der Waals surface area contributed by atoms with Crippen molar-refractivity contribution >= 4 is 0 Å². The molecule has 0 spiro atoms. The van der Waals surface area contributed by atoms with E-state index in [4.69, 9.17) is 0 Å². The van der Waals surface area contributed by atoms with Crippen LogP contribution in [0.1, 0.15) is 105 Å². The number of unbranched alkanes of at least 4 members (excludes halogenated alkanes) is 7. The highest BCUT2D eigenvalue weighted by atomic mass is 14.9. The molecule has 1 nitrogen and oxygen atoms in total. The minimum atomic E-state index is 0.759. The Morgan fingerprint density at radius 3 is 1.80 bits per heavy atom. The molecule has 0 bridgehead atoms. The molecule has 1 N–H and O–H groups in total. The fourth-order valence-corrected chi connectivity index (χ4v) is 3.07.